The fourth-order valence-electron chi connectivity index (χ4n) is 4.33. The van der Waals surface area contributed by atoms with E-state index in [9.17, 15) is 9.18 Å². The summed E-state index contributed by atoms with van der Waals surface area (Å²) in [5, 5.41) is 3.30. The van der Waals surface area contributed by atoms with Crippen molar-refractivity contribution in [1.82, 2.24) is 9.97 Å². The number of hydrogen-bond donors (Lipinski definition) is 1. The highest BCUT2D eigenvalue weighted by atomic mass is 32.2. The molecule has 0 spiro atoms. The monoisotopic (exact) mass is 563 g/mol. The van der Waals surface area contributed by atoms with E-state index in [4.69, 9.17) is 18.9 Å². The highest BCUT2D eigenvalue weighted by molar-refractivity contribution is 7.98. The predicted molar refractivity (Wildman–Crippen MR) is 153 cm³/mol. The lowest BCUT2D eigenvalue weighted by atomic mass is 10.2. The number of rotatable bonds is 10. The van der Waals surface area contributed by atoms with E-state index in [1.807, 2.05) is 18.2 Å². The molecule has 40 heavy (non-hydrogen) atoms. The Bertz CT molecular complexity index is 1420. The normalized spacial score (nSPS) is 13.4. The van der Waals surface area contributed by atoms with Crippen LogP contribution in [0.4, 0.5) is 21.6 Å². The minimum Gasteiger partial charge on any atom is -0.497 e. The third kappa shape index (κ3) is 6.91. The molecule has 1 aliphatic heterocycles. The Labute approximate surface area is 236 Å². The first-order valence-electron chi connectivity index (χ1n) is 12.8. The van der Waals surface area contributed by atoms with Crippen LogP contribution in [-0.4, -0.2) is 56.3 Å². The minimum atomic E-state index is -0.405. The van der Waals surface area contributed by atoms with E-state index in [1.54, 1.807) is 26.4 Å². The Morgan fingerprint density at radius 2 is 1.70 bits per heavy atom. The molecule has 1 N–H and O–H groups in total. The molecule has 1 saturated heterocycles. The number of anilines is 3. The third-order valence-electron chi connectivity index (χ3n) is 6.41. The first-order chi connectivity index (χ1) is 19.5. The summed E-state index contributed by atoms with van der Waals surface area (Å²) in [6.45, 7) is 3.76. The van der Waals surface area contributed by atoms with Gasteiger partial charge in [0.1, 0.15) is 23.1 Å². The zero-order valence-electron chi connectivity index (χ0n) is 22.3. The van der Waals surface area contributed by atoms with Crippen LogP contribution in [0.3, 0.4) is 0 Å². The number of thioether (sulfide) groups is 1. The molecular formula is C29H30FN5O4S. The summed E-state index contributed by atoms with van der Waals surface area (Å²) in [4.78, 5) is 26.6. The second kappa shape index (κ2) is 12.8. The highest BCUT2D eigenvalue weighted by Crippen LogP contribution is 2.26. The van der Waals surface area contributed by atoms with Crippen molar-refractivity contribution in [2.75, 3.05) is 55.5 Å². The smallest absolute Gasteiger partial charge is 0.291 e. The first-order valence-corrected chi connectivity index (χ1v) is 13.8. The molecule has 0 bridgehead atoms. The van der Waals surface area contributed by atoms with Crippen LogP contribution in [-0.2, 0) is 17.1 Å². The lowest BCUT2D eigenvalue weighted by Gasteiger charge is -2.37. The van der Waals surface area contributed by atoms with E-state index in [2.05, 4.69) is 32.2 Å². The van der Waals surface area contributed by atoms with Crippen LogP contribution in [0.25, 0.3) is 0 Å². The SMILES string of the molecule is COCc1cc(N2CCN(c3ccc(OC)cc3)CC2)nc(SCc2ccc(C(=O)Nc3ccc(F)cc3)o2)n1. The molecule has 1 aliphatic rings. The van der Waals surface area contributed by atoms with Crippen LogP contribution < -0.4 is 19.9 Å². The number of benzene rings is 2. The van der Waals surface area contributed by atoms with Crippen LogP contribution in [0, 0.1) is 5.82 Å². The van der Waals surface area contributed by atoms with Gasteiger partial charge in [0, 0.05) is 50.7 Å². The topological polar surface area (TPSA) is 93.0 Å². The molecule has 1 amide bonds. The second-order valence-corrected chi connectivity index (χ2v) is 10.1. The lowest BCUT2D eigenvalue weighted by Crippen LogP contribution is -2.46. The van der Waals surface area contributed by atoms with Crippen molar-refractivity contribution in [2.24, 2.45) is 0 Å². The van der Waals surface area contributed by atoms with Gasteiger partial charge in [-0.2, -0.15) is 0 Å². The molecule has 0 unspecified atom stereocenters. The molecule has 208 valence electrons. The van der Waals surface area contributed by atoms with Gasteiger partial charge in [0.05, 0.1) is 25.2 Å². The van der Waals surface area contributed by atoms with Gasteiger partial charge in [-0.15, -0.1) is 0 Å². The fraction of sp³-hybridized carbons (Fsp3) is 0.276. The number of aromatic nitrogens is 2. The summed E-state index contributed by atoms with van der Waals surface area (Å²) >= 11 is 1.43. The van der Waals surface area contributed by atoms with Crippen LogP contribution in [0.15, 0.2) is 76.3 Å². The Morgan fingerprint density at radius 1 is 0.975 bits per heavy atom. The summed E-state index contributed by atoms with van der Waals surface area (Å²) in [6, 6.07) is 19.0. The quantitative estimate of drug-likeness (QED) is 0.206. The molecule has 0 radical (unpaired) electrons. The summed E-state index contributed by atoms with van der Waals surface area (Å²) in [5.74, 6) is 2.17. The third-order valence-corrected chi connectivity index (χ3v) is 7.28. The van der Waals surface area contributed by atoms with Crippen LogP contribution in [0.2, 0.25) is 0 Å². The number of carbonyl (C=O) groups is 1. The van der Waals surface area contributed by atoms with Gasteiger partial charge < -0.3 is 29.0 Å². The van der Waals surface area contributed by atoms with Gasteiger partial charge in [-0.1, -0.05) is 11.8 Å². The van der Waals surface area contributed by atoms with Crippen molar-refractivity contribution in [1.29, 1.82) is 0 Å². The van der Waals surface area contributed by atoms with Gasteiger partial charge in [0.15, 0.2) is 10.9 Å². The molecule has 9 nitrogen and oxygen atoms in total. The van der Waals surface area contributed by atoms with Gasteiger partial charge in [-0.25, -0.2) is 14.4 Å². The maximum Gasteiger partial charge on any atom is 0.291 e. The van der Waals surface area contributed by atoms with E-state index in [-0.39, 0.29) is 11.6 Å². The highest BCUT2D eigenvalue weighted by Gasteiger charge is 2.20. The molecule has 1 fully saturated rings. The number of methoxy groups -OCH3 is 2. The number of furan rings is 1. The molecule has 2 aromatic carbocycles. The number of nitrogens with zero attached hydrogens (tertiary/aromatic N) is 4. The summed E-state index contributed by atoms with van der Waals surface area (Å²) < 4.78 is 29.5. The van der Waals surface area contributed by atoms with E-state index < -0.39 is 5.91 Å². The van der Waals surface area contributed by atoms with Crippen molar-refractivity contribution in [3.63, 3.8) is 0 Å². The maximum atomic E-state index is 13.1. The second-order valence-electron chi connectivity index (χ2n) is 9.12. The van der Waals surface area contributed by atoms with Crippen molar-refractivity contribution in [3.05, 3.63) is 89.8 Å². The Balaban J connectivity index is 1.21. The molecule has 0 aliphatic carbocycles. The number of nitrogens with one attached hydrogen (secondary N) is 1. The van der Waals surface area contributed by atoms with Gasteiger partial charge in [0.25, 0.3) is 5.91 Å². The van der Waals surface area contributed by atoms with E-state index in [0.717, 1.165) is 43.4 Å². The van der Waals surface area contributed by atoms with Gasteiger partial charge >= 0.3 is 0 Å². The summed E-state index contributed by atoms with van der Waals surface area (Å²) in [5.41, 5.74) is 2.45. The number of amides is 1. The predicted octanol–water partition coefficient (Wildman–Crippen LogP) is 5.23. The zero-order chi connectivity index (χ0) is 27.9. The number of ether oxygens (including phenoxy) is 2. The molecule has 11 heteroatoms. The van der Waals surface area contributed by atoms with Crippen molar-refractivity contribution in [3.8, 4) is 5.75 Å². The summed E-state index contributed by atoms with van der Waals surface area (Å²) in [6.07, 6.45) is 0. The Hall–Kier alpha value is -4.09. The number of halogens is 1. The van der Waals surface area contributed by atoms with Crippen molar-refractivity contribution >= 4 is 34.9 Å². The molecule has 5 rings (SSSR count). The number of carbonyl (C=O) groups excluding carboxylic acids is 1. The van der Waals surface area contributed by atoms with Crippen LogP contribution in [0.5, 0.6) is 5.75 Å². The Morgan fingerprint density at radius 3 is 2.40 bits per heavy atom. The average Bonchev–Trinajstić information content (AvgIpc) is 3.47. The maximum absolute atomic E-state index is 13.1. The molecule has 2 aromatic heterocycles. The fourth-order valence-corrected chi connectivity index (χ4v) is 5.10. The zero-order valence-corrected chi connectivity index (χ0v) is 23.1. The summed E-state index contributed by atoms with van der Waals surface area (Å²) in [7, 11) is 3.31. The largest absolute Gasteiger partial charge is 0.497 e. The molecule has 3 heterocycles. The van der Waals surface area contributed by atoms with Crippen LogP contribution >= 0.6 is 11.8 Å². The van der Waals surface area contributed by atoms with E-state index in [1.165, 1.54) is 41.7 Å². The van der Waals surface area contributed by atoms with Gasteiger partial charge in [-0.05, 0) is 60.7 Å². The van der Waals surface area contributed by atoms with Gasteiger partial charge in [0.2, 0.25) is 0 Å². The molecule has 0 saturated carbocycles. The van der Waals surface area contributed by atoms with Crippen LogP contribution in [0.1, 0.15) is 22.0 Å². The molecular weight excluding hydrogens is 533 g/mol. The Kier molecular flexibility index (Phi) is 8.82. The molecule has 0 atom stereocenters. The molecule has 4 aromatic rings. The number of hydrogen-bond acceptors (Lipinski definition) is 9. The minimum absolute atomic E-state index is 0.171. The average molecular weight is 564 g/mol. The van der Waals surface area contributed by atoms with Gasteiger partial charge in [-0.3, -0.25) is 4.79 Å². The van der Waals surface area contributed by atoms with E-state index >= 15 is 0 Å². The first kappa shape index (κ1) is 27.5. The number of piperazine rings is 1. The van der Waals surface area contributed by atoms with Crippen molar-refractivity contribution < 1.29 is 23.1 Å². The van der Waals surface area contributed by atoms with Crippen molar-refractivity contribution in [2.45, 2.75) is 17.5 Å². The lowest BCUT2D eigenvalue weighted by molar-refractivity contribution is 0.0995. The standard InChI is InChI=1S/C29H30FN5O4S/c1-37-18-22-17-27(35-15-13-34(14-16-35)23-7-9-24(38-2)10-8-23)33-29(32-22)40-19-25-11-12-26(39-25)28(36)31-21-5-3-20(30)4-6-21/h3-12,17H,13-16,18-19H2,1-2H3,(H,31,36). The van der Waals surface area contributed by atoms with E-state index in [0.29, 0.717) is 29.0 Å².